The lowest BCUT2D eigenvalue weighted by Crippen LogP contribution is -2.45. The van der Waals surface area contributed by atoms with Gasteiger partial charge in [0.05, 0.1) is 23.4 Å². The molecule has 0 unspecified atom stereocenters. The number of anilines is 1. The van der Waals surface area contributed by atoms with E-state index in [1.807, 2.05) is 0 Å². The van der Waals surface area contributed by atoms with Gasteiger partial charge in [0.15, 0.2) is 0 Å². The average molecular weight is 339 g/mol. The van der Waals surface area contributed by atoms with E-state index in [2.05, 4.69) is 15.4 Å². The first kappa shape index (κ1) is 17.3. The molecule has 0 heterocycles. The highest BCUT2D eigenvalue weighted by molar-refractivity contribution is 6.34. The molecule has 0 radical (unpaired) electrons. The summed E-state index contributed by atoms with van der Waals surface area (Å²) in [4.78, 5) is 36.2. The number of carbonyl (C=O) groups excluding carboxylic acids is 3. The smallest absolute Gasteiger partial charge is 0.337 e. The summed E-state index contributed by atoms with van der Waals surface area (Å²) in [6, 6.07) is 4.57. The van der Waals surface area contributed by atoms with Crippen LogP contribution in [0.2, 0.25) is 5.02 Å². The maximum absolute atomic E-state index is 12.4. The SMILES string of the molecule is COC(=O)c1ccc(Cl)c(NC(=O)C(C)(C)C(=O)NC2CC2)c1. The van der Waals surface area contributed by atoms with E-state index in [1.165, 1.54) is 39.2 Å². The van der Waals surface area contributed by atoms with Gasteiger partial charge in [-0.15, -0.1) is 0 Å². The van der Waals surface area contributed by atoms with E-state index in [9.17, 15) is 14.4 Å². The molecule has 23 heavy (non-hydrogen) atoms. The zero-order valence-corrected chi connectivity index (χ0v) is 14.0. The van der Waals surface area contributed by atoms with Crippen molar-refractivity contribution in [1.29, 1.82) is 0 Å². The van der Waals surface area contributed by atoms with Gasteiger partial charge in [0.25, 0.3) is 0 Å². The summed E-state index contributed by atoms with van der Waals surface area (Å²) in [5.41, 5.74) is -0.744. The first-order valence-electron chi connectivity index (χ1n) is 7.26. The van der Waals surface area contributed by atoms with Gasteiger partial charge >= 0.3 is 5.97 Å². The predicted molar refractivity (Wildman–Crippen MR) is 86.4 cm³/mol. The van der Waals surface area contributed by atoms with Crippen molar-refractivity contribution >= 4 is 35.1 Å². The van der Waals surface area contributed by atoms with Crippen LogP contribution in [0.3, 0.4) is 0 Å². The number of esters is 1. The third-order valence-electron chi connectivity index (χ3n) is 3.68. The predicted octanol–water partition coefficient (Wildman–Crippen LogP) is 2.37. The van der Waals surface area contributed by atoms with Crippen LogP contribution in [0.25, 0.3) is 0 Å². The third kappa shape index (κ3) is 4.01. The summed E-state index contributed by atoms with van der Waals surface area (Å²) in [5.74, 6) is -1.37. The van der Waals surface area contributed by atoms with E-state index in [1.54, 1.807) is 0 Å². The van der Waals surface area contributed by atoms with Gasteiger partial charge in [-0.1, -0.05) is 11.6 Å². The molecule has 0 aliphatic heterocycles. The lowest BCUT2D eigenvalue weighted by atomic mass is 9.91. The van der Waals surface area contributed by atoms with Crippen molar-refractivity contribution in [2.24, 2.45) is 5.41 Å². The van der Waals surface area contributed by atoms with Gasteiger partial charge in [-0.25, -0.2) is 4.79 Å². The Labute approximate surface area is 139 Å². The van der Waals surface area contributed by atoms with Crippen molar-refractivity contribution in [3.63, 3.8) is 0 Å². The molecule has 7 heteroatoms. The molecule has 1 aliphatic carbocycles. The molecule has 6 nitrogen and oxygen atoms in total. The van der Waals surface area contributed by atoms with Gasteiger partial charge in [0.2, 0.25) is 11.8 Å². The van der Waals surface area contributed by atoms with Crippen LogP contribution in [0, 0.1) is 5.41 Å². The van der Waals surface area contributed by atoms with Crippen LogP contribution < -0.4 is 10.6 Å². The van der Waals surface area contributed by atoms with Gasteiger partial charge in [0, 0.05) is 6.04 Å². The molecule has 1 aliphatic rings. The van der Waals surface area contributed by atoms with E-state index < -0.39 is 17.3 Å². The summed E-state index contributed by atoms with van der Waals surface area (Å²) in [6.45, 7) is 3.08. The second-order valence-corrected chi connectivity index (χ2v) is 6.42. The van der Waals surface area contributed by atoms with Crippen LogP contribution in [0.4, 0.5) is 5.69 Å². The molecule has 0 spiro atoms. The summed E-state index contributed by atoms with van der Waals surface area (Å²) >= 11 is 6.04. The Morgan fingerprint density at radius 1 is 1.22 bits per heavy atom. The molecule has 0 bridgehead atoms. The fourth-order valence-corrected chi connectivity index (χ4v) is 2.01. The molecular weight excluding hydrogens is 320 g/mol. The minimum Gasteiger partial charge on any atom is -0.465 e. The maximum atomic E-state index is 12.4. The van der Waals surface area contributed by atoms with Crippen LogP contribution in [0.5, 0.6) is 0 Å². The Bertz CT molecular complexity index is 653. The molecule has 2 rings (SSSR count). The highest BCUT2D eigenvalue weighted by atomic mass is 35.5. The van der Waals surface area contributed by atoms with Crippen molar-refractivity contribution in [3.05, 3.63) is 28.8 Å². The number of rotatable bonds is 5. The lowest BCUT2D eigenvalue weighted by Gasteiger charge is -2.23. The number of hydrogen-bond acceptors (Lipinski definition) is 4. The average Bonchev–Trinajstić information content (AvgIpc) is 3.32. The molecule has 0 saturated heterocycles. The second kappa shape index (κ2) is 6.58. The zero-order valence-electron chi connectivity index (χ0n) is 13.2. The number of methoxy groups -OCH3 is 1. The Hall–Kier alpha value is -2.08. The molecule has 1 fully saturated rings. The Balaban J connectivity index is 2.15. The summed E-state index contributed by atoms with van der Waals surface area (Å²) < 4.78 is 4.63. The first-order chi connectivity index (χ1) is 10.8. The van der Waals surface area contributed by atoms with Crippen molar-refractivity contribution in [2.45, 2.75) is 32.7 Å². The van der Waals surface area contributed by atoms with Crippen molar-refractivity contribution in [3.8, 4) is 0 Å². The molecule has 0 aromatic heterocycles. The fourth-order valence-electron chi connectivity index (χ4n) is 1.84. The number of nitrogens with one attached hydrogen (secondary N) is 2. The van der Waals surface area contributed by atoms with Crippen molar-refractivity contribution < 1.29 is 19.1 Å². The number of benzene rings is 1. The van der Waals surface area contributed by atoms with E-state index >= 15 is 0 Å². The highest BCUT2D eigenvalue weighted by Gasteiger charge is 2.39. The monoisotopic (exact) mass is 338 g/mol. The van der Waals surface area contributed by atoms with Crippen molar-refractivity contribution in [2.75, 3.05) is 12.4 Å². The van der Waals surface area contributed by atoms with Crippen LogP contribution >= 0.6 is 11.6 Å². The van der Waals surface area contributed by atoms with Gasteiger partial charge in [-0.2, -0.15) is 0 Å². The number of ether oxygens (including phenoxy) is 1. The minimum absolute atomic E-state index is 0.167. The number of carbonyl (C=O) groups is 3. The normalized spacial score (nSPS) is 14.1. The Kier molecular flexibility index (Phi) is 4.94. The largest absolute Gasteiger partial charge is 0.465 e. The molecule has 124 valence electrons. The van der Waals surface area contributed by atoms with Crippen LogP contribution in [-0.2, 0) is 14.3 Å². The summed E-state index contributed by atoms with van der Waals surface area (Å²) in [6.07, 6.45) is 1.88. The number of halogens is 1. The second-order valence-electron chi connectivity index (χ2n) is 6.01. The topological polar surface area (TPSA) is 84.5 Å². The standard InChI is InChI=1S/C16H19ClN2O4/c1-16(2,14(21)18-10-5-6-10)15(22)19-12-8-9(13(20)23-3)4-7-11(12)17/h4,7-8,10H,5-6H2,1-3H3,(H,18,21)(H,19,22). The van der Waals surface area contributed by atoms with E-state index in [4.69, 9.17) is 11.6 Å². The van der Waals surface area contributed by atoms with Gasteiger partial charge in [-0.05, 0) is 44.9 Å². The van der Waals surface area contributed by atoms with E-state index in [-0.39, 0.29) is 28.2 Å². The van der Waals surface area contributed by atoms with Gasteiger partial charge in [0.1, 0.15) is 5.41 Å². The minimum atomic E-state index is -1.26. The fraction of sp³-hybridized carbons (Fsp3) is 0.438. The first-order valence-corrected chi connectivity index (χ1v) is 7.63. The van der Waals surface area contributed by atoms with Crippen LogP contribution in [0.1, 0.15) is 37.0 Å². The van der Waals surface area contributed by atoms with E-state index in [0.29, 0.717) is 0 Å². The molecule has 1 saturated carbocycles. The summed E-state index contributed by atoms with van der Waals surface area (Å²) in [5, 5.41) is 5.68. The quantitative estimate of drug-likeness (QED) is 0.637. The molecule has 1 aromatic carbocycles. The highest BCUT2D eigenvalue weighted by Crippen LogP contribution is 2.27. The molecule has 1 aromatic rings. The maximum Gasteiger partial charge on any atom is 0.337 e. The third-order valence-corrected chi connectivity index (χ3v) is 4.01. The Morgan fingerprint density at radius 2 is 1.87 bits per heavy atom. The lowest BCUT2D eigenvalue weighted by molar-refractivity contribution is -0.138. The molecule has 2 N–H and O–H groups in total. The van der Waals surface area contributed by atoms with Crippen LogP contribution in [-0.4, -0.2) is 30.9 Å². The van der Waals surface area contributed by atoms with Crippen molar-refractivity contribution in [1.82, 2.24) is 5.32 Å². The summed E-state index contributed by atoms with van der Waals surface area (Å²) in [7, 11) is 1.26. The van der Waals surface area contributed by atoms with E-state index in [0.717, 1.165) is 12.8 Å². The molecule has 0 atom stereocenters. The Morgan fingerprint density at radius 3 is 2.43 bits per heavy atom. The molecular formula is C16H19ClN2O4. The number of amides is 2. The van der Waals surface area contributed by atoms with Gasteiger partial charge in [-0.3, -0.25) is 9.59 Å². The zero-order chi connectivity index (χ0) is 17.2. The van der Waals surface area contributed by atoms with Crippen LogP contribution in [0.15, 0.2) is 18.2 Å². The number of hydrogen-bond donors (Lipinski definition) is 2. The molecule has 2 amide bonds. The van der Waals surface area contributed by atoms with Gasteiger partial charge < -0.3 is 15.4 Å².